The first-order valence-corrected chi connectivity index (χ1v) is 5.17. The minimum absolute atomic E-state index is 0.751. The van der Waals surface area contributed by atoms with Gasteiger partial charge in [-0.05, 0) is 32.0 Å². The molecule has 3 nitrogen and oxygen atoms in total. The van der Waals surface area contributed by atoms with Gasteiger partial charge in [0, 0.05) is 13.7 Å². The molecule has 0 rings (SSSR count). The van der Waals surface area contributed by atoms with Crippen molar-refractivity contribution in [3.8, 4) is 0 Å². The fourth-order valence-corrected chi connectivity index (χ4v) is 1.03. The lowest BCUT2D eigenvalue weighted by molar-refractivity contribution is 0.199. The summed E-state index contributed by atoms with van der Waals surface area (Å²) in [6.07, 6.45) is 1.19. The van der Waals surface area contributed by atoms with Crippen LogP contribution in [-0.2, 0) is 4.74 Å². The van der Waals surface area contributed by atoms with Gasteiger partial charge in [-0.1, -0.05) is 13.8 Å². The second kappa shape index (κ2) is 9.96. The molecular formula is C10H24N2O. The highest BCUT2D eigenvalue weighted by Gasteiger charge is 1.92. The molecule has 0 bridgehead atoms. The summed E-state index contributed by atoms with van der Waals surface area (Å²) >= 11 is 0. The van der Waals surface area contributed by atoms with Crippen molar-refractivity contribution >= 4 is 0 Å². The first kappa shape index (κ1) is 12.9. The predicted molar refractivity (Wildman–Crippen MR) is 57.1 cm³/mol. The average Bonchev–Trinajstić information content (AvgIpc) is 2.09. The van der Waals surface area contributed by atoms with Gasteiger partial charge in [0.1, 0.15) is 0 Å². The molecule has 0 saturated carbocycles. The fourth-order valence-electron chi connectivity index (χ4n) is 1.03. The van der Waals surface area contributed by atoms with Crippen molar-refractivity contribution in [2.24, 2.45) is 5.92 Å². The fraction of sp³-hybridized carbons (Fsp3) is 1.00. The van der Waals surface area contributed by atoms with E-state index in [1.54, 1.807) is 7.11 Å². The SMILES string of the molecule is COCCNCCCNCC(C)C. The van der Waals surface area contributed by atoms with Gasteiger partial charge in [-0.2, -0.15) is 0 Å². The highest BCUT2D eigenvalue weighted by molar-refractivity contribution is 4.53. The van der Waals surface area contributed by atoms with E-state index in [0.29, 0.717) is 0 Å². The average molecular weight is 188 g/mol. The Morgan fingerprint density at radius 1 is 1.08 bits per heavy atom. The summed E-state index contributed by atoms with van der Waals surface area (Å²) in [5.74, 6) is 0.751. The van der Waals surface area contributed by atoms with Crippen LogP contribution in [0.5, 0.6) is 0 Å². The number of nitrogens with one attached hydrogen (secondary N) is 2. The number of hydrogen-bond donors (Lipinski definition) is 2. The first-order valence-electron chi connectivity index (χ1n) is 5.17. The van der Waals surface area contributed by atoms with E-state index in [2.05, 4.69) is 24.5 Å². The summed E-state index contributed by atoms with van der Waals surface area (Å²) in [7, 11) is 1.73. The van der Waals surface area contributed by atoms with Gasteiger partial charge >= 0.3 is 0 Å². The van der Waals surface area contributed by atoms with E-state index < -0.39 is 0 Å². The molecule has 0 aliphatic heterocycles. The molecule has 0 spiro atoms. The lowest BCUT2D eigenvalue weighted by Gasteiger charge is -2.07. The van der Waals surface area contributed by atoms with Crippen molar-refractivity contribution in [1.29, 1.82) is 0 Å². The molecule has 0 aromatic heterocycles. The molecule has 0 radical (unpaired) electrons. The van der Waals surface area contributed by atoms with Crippen LogP contribution in [0.1, 0.15) is 20.3 Å². The first-order chi connectivity index (χ1) is 6.27. The van der Waals surface area contributed by atoms with Crippen molar-refractivity contribution < 1.29 is 4.74 Å². The van der Waals surface area contributed by atoms with Crippen molar-refractivity contribution in [2.75, 3.05) is 39.9 Å². The summed E-state index contributed by atoms with van der Waals surface area (Å²) in [5.41, 5.74) is 0. The molecule has 0 unspecified atom stereocenters. The summed E-state index contributed by atoms with van der Waals surface area (Å²) in [5, 5.41) is 6.71. The molecule has 0 fully saturated rings. The smallest absolute Gasteiger partial charge is 0.0587 e. The maximum absolute atomic E-state index is 4.92. The Kier molecular flexibility index (Phi) is 9.87. The molecule has 0 saturated heterocycles. The van der Waals surface area contributed by atoms with Crippen molar-refractivity contribution in [3.05, 3.63) is 0 Å². The Balaban J connectivity index is 2.84. The Morgan fingerprint density at radius 2 is 1.77 bits per heavy atom. The normalized spacial score (nSPS) is 11.1. The Labute approximate surface area is 82.2 Å². The lowest BCUT2D eigenvalue weighted by Crippen LogP contribution is -2.26. The Bertz CT molecular complexity index is 96.9. The zero-order chi connectivity index (χ0) is 9.94. The lowest BCUT2D eigenvalue weighted by atomic mass is 10.2. The van der Waals surface area contributed by atoms with Crippen LogP contribution in [0, 0.1) is 5.92 Å². The van der Waals surface area contributed by atoms with Gasteiger partial charge in [0.15, 0.2) is 0 Å². The van der Waals surface area contributed by atoms with Crippen LogP contribution in [-0.4, -0.2) is 39.9 Å². The molecule has 3 heteroatoms. The van der Waals surface area contributed by atoms with E-state index in [0.717, 1.165) is 38.7 Å². The van der Waals surface area contributed by atoms with Crippen LogP contribution in [0.3, 0.4) is 0 Å². The van der Waals surface area contributed by atoms with Crippen LogP contribution in [0.15, 0.2) is 0 Å². The number of methoxy groups -OCH3 is 1. The summed E-state index contributed by atoms with van der Waals surface area (Å²) in [4.78, 5) is 0. The van der Waals surface area contributed by atoms with Crippen LogP contribution >= 0.6 is 0 Å². The second-order valence-corrected chi connectivity index (χ2v) is 3.69. The van der Waals surface area contributed by atoms with E-state index in [4.69, 9.17) is 4.74 Å². The van der Waals surface area contributed by atoms with Crippen molar-refractivity contribution in [3.63, 3.8) is 0 Å². The summed E-state index contributed by atoms with van der Waals surface area (Å²) < 4.78 is 4.92. The van der Waals surface area contributed by atoms with Gasteiger partial charge in [0.25, 0.3) is 0 Å². The topological polar surface area (TPSA) is 33.3 Å². The van der Waals surface area contributed by atoms with Gasteiger partial charge < -0.3 is 15.4 Å². The van der Waals surface area contributed by atoms with Gasteiger partial charge in [-0.25, -0.2) is 0 Å². The molecule has 0 aromatic carbocycles. The molecule has 0 atom stereocenters. The molecule has 13 heavy (non-hydrogen) atoms. The van der Waals surface area contributed by atoms with E-state index in [-0.39, 0.29) is 0 Å². The van der Waals surface area contributed by atoms with Gasteiger partial charge in [0.05, 0.1) is 6.61 Å². The van der Waals surface area contributed by atoms with Gasteiger partial charge in [0.2, 0.25) is 0 Å². The molecule has 0 aliphatic carbocycles. The minimum Gasteiger partial charge on any atom is -0.383 e. The van der Waals surface area contributed by atoms with Crippen LogP contribution in [0.4, 0.5) is 0 Å². The molecule has 0 amide bonds. The highest BCUT2D eigenvalue weighted by Crippen LogP contribution is 1.86. The third-order valence-electron chi connectivity index (χ3n) is 1.74. The van der Waals surface area contributed by atoms with E-state index in [1.165, 1.54) is 6.42 Å². The molecule has 0 heterocycles. The van der Waals surface area contributed by atoms with Crippen LogP contribution < -0.4 is 10.6 Å². The van der Waals surface area contributed by atoms with Crippen LogP contribution in [0.2, 0.25) is 0 Å². The Hall–Kier alpha value is -0.120. The molecular weight excluding hydrogens is 164 g/mol. The van der Waals surface area contributed by atoms with E-state index >= 15 is 0 Å². The standard InChI is InChI=1S/C10H24N2O/c1-10(2)9-12-6-4-5-11-7-8-13-3/h10-12H,4-9H2,1-3H3. The monoisotopic (exact) mass is 188 g/mol. The number of rotatable bonds is 9. The number of hydrogen-bond acceptors (Lipinski definition) is 3. The summed E-state index contributed by atoms with van der Waals surface area (Å²) in [6.45, 7) is 9.53. The molecule has 0 aromatic rings. The maximum Gasteiger partial charge on any atom is 0.0587 e. The third-order valence-corrected chi connectivity index (χ3v) is 1.74. The molecule has 0 aliphatic rings. The largest absolute Gasteiger partial charge is 0.383 e. The molecule has 2 N–H and O–H groups in total. The minimum atomic E-state index is 0.751. The molecule has 80 valence electrons. The Morgan fingerprint density at radius 3 is 2.38 bits per heavy atom. The van der Waals surface area contributed by atoms with Gasteiger partial charge in [-0.3, -0.25) is 0 Å². The quantitative estimate of drug-likeness (QED) is 0.527. The zero-order valence-electron chi connectivity index (χ0n) is 9.23. The van der Waals surface area contributed by atoms with E-state index in [1.807, 2.05) is 0 Å². The third kappa shape index (κ3) is 11.9. The van der Waals surface area contributed by atoms with Crippen molar-refractivity contribution in [2.45, 2.75) is 20.3 Å². The van der Waals surface area contributed by atoms with Crippen molar-refractivity contribution in [1.82, 2.24) is 10.6 Å². The second-order valence-electron chi connectivity index (χ2n) is 3.69. The maximum atomic E-state index is 4.92. The van der Waals surface area contributed by atoms with Gasteiger partial charge in [-0.15, -0.1) is 0 Å². The number of ether oxygens (including phenoxy) is 1. The zero-order valence-corrected chi connectivity index (χ0v) is 9.23. The highest BCUT2D eigenvalue weighted by atomic mass is 16.5. The summed E-state index contributed by atoms with van der Waals surface area (Å²) in [6, 6.07) is 0. The van der Waals surface area contributed by atoms with Crippen LogP contribution in [0.25, 0.3) is 0 Å². The van der Waals surface area contributed by atoms with E-state index in [9.17, 15) is 0 Å². The predicted octanol–water partition coefficient (Wildman–Crippen LogP) is 0.858.